The van der Waals surface area contributed by atoms with Crippen LogP contribution in [0.3, 0.4) is 0 Å². The summed E-state index contributed by atoms with van der Waals surface area (Å²) in [6.07, 6.45) is -0.996. The fraction of sp³-hybridized carbons (Fsp3) is 0.312. The zero-order chi connectivity index (χ0) is 18.9. The summed E-state index contributed by atoms with van der Waals surface area (Å²) in [6.45, 7) is 3.73. The van der Waals surface area contributed by atoms with Crippen LogP contribution in [0.2, 0.25) is 0 Å². The van der Waals surface area contributed by atoms with E-state index in [0.717, 1.165) is 6.20 Å². The monoisotopic (exact) mass is 364 g/mol. The Labute approximate surface area is 146 Å². The molecule has 0 aliphatic carbocycles. The van der Waals surface area contributed by atoms with Crippen LogP contribution in [0.15, 0.2) is 36.9 Å². The summed E-state index contributed by atoms with van der Waals surface area (Å²) in [6, 6.07) is 1.85. The molecule has 1 amide bonds. The van der Waals surface area contributed by atoms with E-state index in [2.05, 4.69) is 20.1 Å². The molecule has 136 valence electrons. The Kier molecular flexibility index (Phi) is 4.58. The molecule has 3 heterocycles. The summed E-state index contributed by atoms with van der Waals surface area (Å²) in [5.41, 5.74) is 0.288. The lowest BCUT2D eigenvalue weighted by molar-refractivity contribution is -0.155. The van der Waals surface area contributed by atoms with Gasteiger partial charge in [-0.2, -0.15) is 23.3 Å². The van der Waals surface area contributed by atoms with E-state index in [-0.39, 0.29) is 23.0 Å². The van der Waals surface area contributed by atoms with Crippen molar-refractivity contribution in [2.75, 3.05) is 0 Å². The molecule has 0 aliphatic heterocycles. The maximum Gasteiger partial charge on any atom is 0.412 e. The number of fused-ring (bicyclic) bond motifs is 1. The molecule has 0 fully saturated rings. The predicted molar refractivity (Wildman–Crippen MR) is 85.4 cm³/mol. The van der Waals surface area contributed by atoms with Crippen LogP contribution in [0, 0.1) is 0 Å². The topological polar surface area (TPSA) is 85.1 Å². The minimum absolute atomic E-state index is 0.0366. The highest BCUT2D eigenvalue weighted by atomic mass is 19.4. The molecule has 0 bridgehead atoms. The third kappa shape index (κ3) is 3.48. The first-order valence-electron chi connectivity index (χ1n) is 7.75. The molecule has 10 heteroatoms. The average molecular weight is 364 g/mol. The Morgan fingerprint density at radius 3 is 2.69 bits per heavy atom. The van der Waals surface area contributed by atoms with Crippen LogP contribution in [0.4, 0.5) is 13.2 Å². The van der Waals surface area contributed by atoms with Crippen LogP contribution in [-0.2, 0) is 0 Å². The van der Waals surface area contributed by atoms with E-state index < -0.39 is 18.1 Å². The molecular formula is C16H15F3N6O. The fourth-order valence-electron chi connectivity index (χ4n) is 2.47. The number of hydrogen-bond acceptors (Lipinski definition) is 5. The first-order valence-corrected chi connectivity index (χ1v) is 7.75. The van der Waals surface area contributed by atoms with Gasteiger partial charge in [-0.25, -0.2) is 9.50 Å². The van der Waals surface area contributed by atoms with Gasteiger partial charge in [-0.1, -0.05) is 19.9 Å². The van der Waals surface area contributed by atoms with Gasteiger partial charge in [0.1, 0.15) is 12.0 Å². The van der Waals surface area contributed by atoms with Gasteiger partial charge in [0, 0.05) is 18.0 Å². The van der Waals surface area contributed by atoms with Crippen molar-refractivity contribution in [1.29, 1.82) is 0 Å². The van der Waals surface area contributed by atoms with Gasteiger partial charge < -0.3 is 5.32 Å². The quantitative estimate of drug-likeness (QED) is 0.769. The van der Waals surface area contributed by atoms with Crippen molar-refractivity contribution in [3.8, 4) is 0 Å². The Morgan fingerprint density at radius 2 is 2.08 bits per heavy atom. The Balaban J connectivity index is 1.97. The summed E-state index contributed by atoms with van der Waals surface area (Å²) in [4.78, 5) is 24.1. The van der Waals surface area contributed by atoms with E-state index in [1.807, 2.05) is 19.2 Å². The van der Waals surface area contributed by atoms with Gasteiger partial charge >= 0.3 is 6.18 Å². The second-order valence-electron chi connectivity index (χ2n) is 5.93. The van der Waals surface area contributed by atoms with Crippen LogP contribution in [0.25, 0.3) is 5.78 Å². The minimum atomic E-state index is -4.68. The van der Waals surface area contributed by atoms with Crippen molar-refractivity contribution in [2.45, 2.75) is 32.0 Å². The molecule has 0 unspecified atom stereocenters. The molecule has 3 aromatic rings. The van der Waals surface area contributed by atoms with Gasteiger partial charge in [0.15, 0.2) is 6.04 Å². The molecule has 0 aliphatic rings. The SMILES string of the molecule is CC(C)c1cc(C(=O)N[C@@H](c2cccnc2)C(F)(F)F)nc2ncnn12. The molecule has 7 nitrogen and oxygen atoms in total. The third-order valence-corrected chi connectivity index (χ3v) is 3.72. The van der Waals surface area contributed by atoms with Gasteiger partial charge in [-0.15, -0.1) is 0 Å². The van der Waals surface area contributed by atoms with Crippen LogP contribution >= 0.6 is 0 Å². The number of hydrogen-bond donors (Lipinski definition) is 1. The molecule has 1 N–H and O–H groups in total. The van der Waals surface area contributed by atoms with Gasteiger partial charge in [-0.3, -0.25) is 9.78 Å². The van der Waals surface area contributed by atoms with Crippen molar-refractivity contribution in [1.82, 2.24) is 29.9 Å². The second-order valence-corrected chi connectivity index (χ2v) is 5.93. The number of carbonyl (C=O) groups is 1. The number of halogens is 3. The van der Waals surface area contributed by atoms with Crippen LogP contribution in [-0.4, -0.2) is 36.6 Å². The average Bonchev–Trinajstić information content (AvgIpc) is 3.06. The number of nitrogens with one attached hydrogen (secondary N) is 1. The lowest BCUT2D eigenvalue weighted by atomic mass is 10.1. The molecule has 0 spiro atoms. The number of rotatable bonds is 4. The van der Waals surface area contributed by atoms with Gasteiger partial charge in [0.2, 0.25) is 0 Å². The number of aromatic nitrogens is 5. The Hall–Kier alpha value is -3.04. The maximum absolute atomic E-state index is 13.4. The summed E-state index contributed by atoms with van der Waals surface area (Å²) in [5.74, 6) is -0.847. The standard InChI is InChI=1S/C16H15F3N6O/c1-9(2)12-6-11(23-15-21-8-22-25(12)15)14(26)24-13(16(17,18)19)10-4-3-5-20-7-10/h3-9,13H,1-2H3,(H,24,26)/t13-/m0/s1. The highest BCUT2D eigenvalue weighted by molar-refractivity contribution is 5.93. The van der Waals surface area contributed by atoms with E-state index in [4.69, 9.17) is 0 Å². The summed E-state index contributed by atoms with van der Waals surface area (Å²) < 4.78 is 41.7. The molecule has 0 aromatic carbocycles. The van der Waals surface area contributed by atoms with Crippen LogP contribution in [0.5, 0.6) is 0 Å². The van der Waals surface area contributed by atoms with Gasteiger partial charge in [0.05, 0.1) is 5.69 Å². The van der Waals surface area contributed by atoms with Crippen molar-refractivity contribution in [3.05, 3.63) is 53.9 Å². The number of nitrogens with zero attached hydrogens (tertiary/aromatic N) is 5. The van der Waals surface area contributed by atoms with Crippen molar-refractivity contribution >= 4 is 11.7 Å². The highest BCUT2D eigenvalue weighted by Crippen LogP contribution is 2.32. The van der Waals surface area contributed by atoms with Crippen molar-refractivity contribution in [3.63, 3.8) is 0 Å². The molecule has 0 saturated carbocycles. The molecular weight excluding hydrogens is 349 g/mol. The molecule has 26 heavy (non-hydrogen) atoms. The molecule has 1 atom stereocenters. The fourth-order valence-corrected chi connectivity index (χ4v) is 2.47. The van der Waals surface area contributed by atoms with Crippen LogP contribution in [0.1, 0.15) is 47.6 Å². The van der Waals surface area contributed by atoms with E-state index in [1.165, 1.54) is 35.2 Å². The van der Waals surface area contributed by atoms with E-state index in [9.17, 15) is 18.0 Å². The van der Waals surface area contributed by atoms with Crippen molar-refractivity contribution in [2.24, 2.45) is 0 Å². The number of alkyl halides is 3. The Bertz CT molecular complexity index is 923. The second kappa shape index (κ2) is 6.70. The summed E-state index contributed by atoms with van der Waals surface area (Å²) in [5, 5.41) is 6.00. The molecule has 0 saturated heterocycles. The first kappa shape index (κ1) is 17.8. The predicted octanol–water partition coefficient (Wildman–Crippen LogP) is 2.68. The van der Waals surface area contributed by atoms with Crippen molar-refractivity contribution < 1.29 is 18.0 Å². The normalized spacial score (nSPS) is 13.2. The van der Waals surface area contributed by atoms with E-state index in [0.29, 0.717) is 5.69 Å². The number of carbonyl (C=O) groups excluding carboxylic acids is 1. The smallest absolute Gasteiger partial charge is 0.335 e. The zero-order valence-electron chi connectivity index (χ0n) is 13.9. The summed E-state index contributed by atoms with van der Waals surface area (Å²) >= 11 is 0. The third-order valence-electron chi connectivity index (χ3n) is 3.72. The molecule has 3 rings (SSSR count). The van der Waals surface area contributed by atoms with E-state index in [1.54, 1.807) is 0 Å². The molecule has 3 aromatic heterocycles. The summed E-state index contributed by atoms with van der Waals surface area (Å²) in [7, 11) is 0. The lowest BCUT2D eigenvalue weighted by Gasteiger charge is -2.21. The minimum Gasteiger partial charge on any atom is -0.335 e. The first-order chi connectivity index (χ1) is 12.3. The van der Waals surface area contributed by atoms with Gasteiger partial charge in [0.25, 0.3) is 11.7 Å². The number of pyridine rings is 1. The highest BCUT2D eigenvalue weighted by Gasteiger charge is 2.42. The number of amides is 1. The lowest BCUT2D eigenvalue weighted by Crippen LogP contribution is -2.38. The largest absolute Gasteiger partial charge is 0.412 e. The molecule has 0 radical (unpaired) electrons. The maximum atomic E-state index is 13.4. The van der Waals surface area contributed by atoms with E-state index >= 15 is 0 Å². The van der Waals surface area contributed by atoms with Crippen LogP contribution < -0.4 is 5.32 Å². The Morgan fingerprint density at radius 1 is 1.31 bits per heavy atom. The zero-order valence-corrected chi connectivity index (χ0v) is 13.9. The van der Waals surface area contributed by atoms with Gasteiger partial charge in [-0.05, 0) is 18.1 Å².